The molecule has 0 spiro atoms. The largest absolute Gasteiger partial charge is 0.310 e. The molecule has 1 nitrogen and oxygen atoms in total. The molecule has 1 heterocycles. The average Bonchev–Trinajstić information content (AvgIpc) is 3.65. The van der Waals surface area contributed by atoms with Crippen LogP contribution in [0.1, 0.15) is 5.56 Å². The number of anilines is 3. The normalized spacial score (nSPS) is 11.5. The van der Waals surface area contributed by atoms with Crippen molar-refractivity contribution < 1.29 is 0 Å². The van der Waals surface area contributed by atoms with Gasteiger partial charge in [0.05, 0.1) is 0 Å². The molecule has 0 aliphatic heterocycles. The minimum absolute atomic E-state index is 1.01. The van der Waals surface area contributed by atoms with Gasteiger partial charge in [-0.05, 0) is 122 Å². The van der Waals surface area contributed by atoms with Crippen LogP contribution in [0.3, 0.4) is 0 Å². The summed E-state index contributed by atoms with van der Waals surface area (Å²) in [6.07, 6.45) is 5.79. The third-order valence-corrected chi connectivity index (χ3v) is 11.5. The van der Waals surface area contributed by atoms with E-state index >= 15 is 0 Å². The lowest BCUT2D eigenvalue weighted by Crippen LogP contribution is -2.11. The van der Waals surface area contributed by atoms with Crippen molar-refractivity contribution in [3.05, 3.63) is 231 Å². The molecule has 1 aromatic heterocycles. The molecule has 0 fully saturated rings. The lowest BCUT2D eigenvalue weighted by molar-refractivity contribution is 1.28. The van der Waals surface area contributed by atoms with Crippen LogP contribution in [0, 0.1) is 0 Å². The SMILES string of the molecule is C=C/C=C(\C=C)c1cc(-c2ccc3sc4ccccc4c3c2)cc(N(c2ccc(-c3ccccc3)cc2)c2cc(-c3ccccc3)cc(-c3ccccc3)c2)c1. The summed E-state index contributed by atoms with van der Waals surface area (Å²) in [5.41, 5.74) is 14.5. The summed E-state index contributed by atoms with van der Waals surface area (Å²) in [5.74, 6) is 0. The second kappa shape index (κ2) is 15.4. The first-order chi connectivity index (χ1) is 27.6. The summed E-state index contributed by atoms with van der Waals surface area (Å²) < 4.78 is 2.59. The summed E-state index contributed by atoms with van der Waals surface area (Å²) >= 11 is 1.84. The van der Waals surface area contributed by atoms with Crippen molar-refractivity contribution in [1.29, 1.82) is 0 Å². The van der Waals surface area contributed by atoms with E-state index in [4.69, 9.17) is 0 Å². The standard InChI is InChI=1S/C54H39NS/c1-3-16-38(4-2)44-31-47(43-27-30-54-52(37-43)51-23-14-15-24-53(51)56-54)36-49(33-44)55(48-28-25-42(26-29-48)39-17-8-5-9-18-39)50-34-45(40-19-10-6-11-20-40)32-46(35-50)41-21-12-7-13-22-41/h3-37H,1-2H2/b38-16+. The van der Waals surface area contributed by atoms with Gasteiger partial charge in [0.2, 0.25) is 0 Å². The Morgan fingerprint density at radius 3 is 1.50 bits per heavy atom. The van der Waals surface area contributed by atoms with Gasteiger partial charge in [0, 0.05) is 37.2 Å². The van der Waals surface area contributed by atoms with Crippen molar-refractivity contribution in [2.24, 2.45) is 0 Å². The average molecular weight is 734 g/mol. The van der Waals surface area contributed by atoms with Gasteiger partial charge in [0.25, 0.3) is 0 Å². The molecule has 0 radical (unpaired) electrons. The summed E-state index contributed by atoms with van der Waals surface area (Å²) in [6, 6.07) is 70.2. The molecule has 9 aromatic rings. The molecule has 2 heteroatoms. The quantitative estimate of drug-likeness (QED) is 0.127. The van der Waals surface area contributed by atoms with E-state index in [1.54, 1.807) is 0 Å². The second-order valence-electron chi connectivity index (χ2n) is 13.9. The highest BCUT2D eigenvalue weighted by atomic mass is 32.1. The van der Waals surface area contributed by atoms with E-state index in [1.165, 1.54) is 42.4 Å². The van der Waals surface area contributed by atoms with Crippen molar-refractivity contribution in [1.82, 2.24) is 0 Å². The van der Waals surface area contributed by atoms with Crippen LogP contribution in [0.2, 0.25) is 0 Å². The fourth-order valence-corrected chi connectivity index (χ4v) is 8.69. The van der Waals surface area contributed by atoms with E-state index in [9.17, 15) is 0 Å². The van der Waals surface area contributed by atoms with Crippen molar-refractivity contribution in [3.63, 3.8) is 0 Å². The fourth-order valence-electron chi connectivity index (χ4n) is 7.60. The number of thiophene rings is 1. The summed E-state index contributed by atoms with van der Waals surface area (Å²) in [7, 11) is 0. The van der Waals surface area contributed by atoms with Crippen molar-refractivity contribution in [2.75, 3.05) is 4.90 Å². The minimum atomic E-state index is 1.01. The van der Waals surface area contributed by atoms with Crippen LogP contribution in [0.15, 0.2) is 226 Å². The summed E-state index contributed by atoms with van der Waals surface area (Å²) in [6.45, 7) is 8.26. The first-order valence-electron chi connectivity index (χ1n) is 18.9. The maximum Gasteiger partial charge on any atom is 0.0473 e. The van der Waals surface area contributed by atoms with Crippen molar-refractivity contribution in [3.8, 4) is 44.5 Å². The predicted octanol–water partition coefficient (Wildman–Crippen LogP) is 15.9. The van der Waals surface area contributed by atoms with Gasteiger partial charge in [-0.25, -0.2) is 0 Å². The summed E-state index contributed by atoms with van der Waals surface area (Å²) in [5, 5.41) is 2.56. The molecular weight excluding hydrogens is 695 g/mol. The van der Waals surface area contributed by atoms with E-state index in [1.807, 2.05) is 29.6 Å². The zero-order chi connectivity index (χ0) is 37.8. The van der Waals surface area contributed by atoms with Gasteiger partial charge in [-0.1, -0.05) is 159 Å². The molecule has 0 N–H and O–H groups in total. The van der Waals surface area contributed by atoms with Gasteiger partial charge < -0.3 is 4.90 Å². The number of hydrogen-bond donors (Lipinski definition) is 0. The lowest BCUT2D eigenvalue weighted by atomic mass is 9.95. The predicted molar refractivity (Wildman–Crippen MR) is 244 cm³/mol. The smallest absolute Gasteiger partial charge is 0.0473 e. The monoisotopic (exact) mass is 733 g/mol. The first kappa shape index (κ1) is 34.7. The lowest BCUT2D eigenvalue weighted by Gasteiger charge is -2.28. The number of benzene rings is 8. The highest BCUT2D eigenvalue weighted by Gasteiger charge is 2.19. The number of allylic oxidation sites excluding steroid dienone is 4. The molecule has 0 saturated carbocycles. The molecule has 0 bridgehead atoms. The van der Waals surface area contributed by atoms with Crippen LogP contribution >= 0.6 is 11.3 Å². The Morgan fingerprint density at radius 1 is 0.393 bits per heavy atom. The fraction of sp³-hybridized carbons (Fsp3) is 0. The number of nitrogens with zero attached hydrogens (tertiary/aromatic N) is 1. The molecule has 0 atom stereocenters. The van der Waals surface area contributed by atoms with E-state index in [0.717, 1.165) is 50.5 Å². The minimum Gasteiger partial charge on any atom is -0.310 e. The first-order valence-corrected chi connectivity index (χ1v) is 19.7. The van der Waals surface area contributed by atoms with E-state index in [0.29, 0.717) is 0 Å². The third kappa shape index (κ3) is 6.91. The molecule has 0 saturated heterocycles. The van der Waals surface area contributed by atoms with E-state index < -0.39 is 0 Å². The molecule has 0 amide bonds. The van der Waals surface area contributed by atoms with Crippen LogP contribution < -0.4 is 4.90 Å². The Kier molecular flexibility index (Phi) is 9.55. The Balaban J connectivity index is 1.30. The van der Waals surface area contributed by atoms with Crippen LogP contribution in [0.4, 0.5) is 17.1 Å². The molecule has 266 valence electrons. The van der Waals surface area contributed by atoms with Crippen LogP contribution in [0.5, 0.6) is 0 Å². The van der Waals surface area contributed by atoms with Crippen LogP contribution in [-0.2, 0) is 0 Å². The highest BCUT2D eigenvalue weighted by molar-refractivity contribution is 7.25. The number of fused-ring (bicyclic) bond motifs is 3. The number of hydrogen-bond acceptors (Lipinski definition) is 2. The van der Waals surface area contributed by atoms with E-state index in [2.05, 4.69) is 212 Å². The van der Waals surface area contributed by atoms with Crippen molar-refractivity contribution in [2.45, 2.75) is 0 Å². The van der Waals surface area contributed by atoms with Crippen molar-refractivity contribution >= 4 is 54.1 Å². The molecule has 56 heavy (non-hydrogen) atoms. The Bertz CT molecular complexity index is 2810. The Morgan fingerprint density at radius 2 is 0.893 bits per heavy atom. The molecular formula is C54H39NS. The topological polar surface area (TPSA) is 3.24 Å². The zero-order valence-electron chi connectivity index (χ0n) is 31.0. The molecule has 8 aromatic carbocycles. The Hall–Kier alpha value is -7.00. The van der Waals surface area contributed by atoms with E-state index in [-0.39, 0.29) is 0 Å². The molecule has 0 unspecified atom stereocenters. The zero-order valence-corrected chi connectivity index (χ0v) is 31.8. The maximum absolute atomic E-state index is 4.22. The van der Waals surface area contributed by atoms with Gasteiger partial charge in [-0.2, -0.15) is 0 Å². The summed E-state index contributed by atoms with van der Waals surface area (Å²) in [4.78, 5) is 2.40. The van der Waals surface area contributed by atoms with Crippen LogP contribution in [-0.4, -0.2) is 0 Å². The van der Waals surface area contributed by atoms with Gasteiger partial charge in [-0.15, -0.1) is 11.3 Å². The van der Waals surface area contributed by atoms with Crippen LogP contribution in [0.25, 0.3) is 70.3 Å². The van der Waals surface area contributed by atoms with Gasteiger partial charge in [0.1, 0.15) is 0 Å². The van der Waals surface area contributed by atoms with Gasteiger partial charge in [-0.3, -0.25) is 0 Å². The molecule has 0 aliphatic rings. The number of rotatable bonds is 10. The maximum atomic E-state index is 4.22. The third-order valence-electron chi connectivity index (χ3n) is 10.4. The highest BCUT2D eigenvalue weighted by Crippen LogP contribution is 2.44. The van der Waals surface area contributed by atoms with Gasteiger partial charge >= 0.3 is 0 Å². The second-order valence-corrected chi connectivity index (χ2v) is 15.0. The molecule has 0 aliphatic carbocycles. The Labute approximate surface area is 333 Å². The van der Waals surface area contributed by atoms with Gasteiger partial charge in [0.15, 0.2) is 0 Å². The molecule has 9 rings (SSSR count).